The Morgan fingerprint density at radius 1 is 1.26 bits per heavy atom. The highest BCUT2D eigenvalue weighted by Gasteiger charge is 2.32. The first-order chi connectivity index (χ1) is 11.1. The van der Waals surface area contributed by atoms with Crippen LogP contribution < -0.4 is 10.1 Å². The van der Waals surface area contributed by atoms with Crippen LogP contribution >= 0.6 is 0 Å². The molecule has 23 heavy (non-hydrogen) atoms. The number of nitrogens with zero attached hydrogens (tertiary/aromatic N) is 1. The number of hydrogen-bond acceptors (Lipinski definition) is 3. The van der Waals surface area contributed by atoms with E-state index in [1.165, 1.54) is 19.2 Å². The number of benzene rings is 2. The normalized spacial score (nSPS) is 16.7. The second-order valence-electron chi connectivity index (χ2n) is 5.52. The Labute approximate surface area is 134 Å². The van der Waals surface area contributed by atoms with Crippen LogP contribution in [-0.4, -0.2) is 24.5 Å². The standard InChI is InChI=1S/C18H19FN2O2/c1-3-8-21-17(12-9-13(19)11-14(10-12)23-2)20-16-7-5-4-6-15(16)18(21)22/h4-7,9-11,17,20H,3,8H2,1-2H3. The smallest absolute Gasteiger partial charge is 0.257 e. The van der Waals surface area contributed by atoms with Crippen molar-refractivity contribution in [2.45, 2.75) is 19.5 Å². The Bertz CT molecular complexity index is 733. The number of amides is 1. The fourth-order valence-electron chi connectivity index (χ4n) is 2.89. The SMILES string of the molecule is CCCN1C(=O)c2ccccc2NC1c1cc(F)cc(OC)c1. The van der Waals surface area contributed by atoms with E-state index in [2.05, 4.69) is 5.32 Å². The van der Waals surface area contributed by atoms with Crippen LogP contribution in [0, 0.1) is 5.82 Å². The molecular weight excluding hydrogens is 295 g/mol. The molecule has 0 saturated heterocycles. The molecule has 0 aromatic heterocycles. The van der Waals surface area contributed by atoms with Crippen LogP contribution in [0.1, 0.15) is 35.4 Å². The van der Waals surface area contributed by atoms with Crippen molar-refractivity contribution in [1.82, 2.24) is 4.90 Å². The van der Waals surface area contributed by atoms with Crippen molar-refractivity contribution >= 4 is 11.6 Å². The van der Waals surface area contributed by atoms with Crippen molar-refractivity contribution in [1.29, 1.82) is 0 Å². The summed E-state index contributed by atoms with van der Waals surface area (Å²) in [6, 6.07) is 11.9. The summed E-state index contributed by atoms with van der Waals surface area (Å²) >= 11 is 0. The molecule has 0 bridgehead atoms. The molecule has 2 aromatic carbocycles. The number of hydrogen-bond donors (Lipinski definition) is 1. The van der Waals surface area contributed by atoms with Gasteiger partial charge in [-0.25, -0.2) is 4.39 Å². The first-order valence-corrected chi connectivity index (χ1v) is 7.65. The average Bonchev–Trinajstić information content (AvgIpc) is 2.56. The van der Waals surface area contributed by atoms with Gasteiger partial charge in [0.1, 0.15) is 17.7 Å². The number of anilines is 1. The van der Waals surface area contributed by atoms with Gasteiger partial charge in [-0.05, 0) is 30.7 Å². The van der Waals surface area contributed by atoms with E-state index in [0.29, 0.717) is 23.4 Å². The number of fused-ring (bicyclic) bond motifs is 1. The van der Waals surface area contributed by atoms with Crippen molar-refractivity contribution in [2.75, 3.05) is 19.0 Å². The number of methoxy groups -OCH3 is 1. The maximum atomic E-state index is 13.9. The van der Waals surface area contributed by atoms with Gasteiger partial charge in [-0.15, -0.1) is 0 Å². The number of halogens is 1. The van der Waals surface area contributed by atoms with E-state index in [9.17, 15) is 9.18 Å². The van der Waals surface area contributed by atoms with Gasteiger partial charge in [0.2, 0.25) is 0 Å². The minimum Gasteiger partial charge on any atom is -0.497 e. The summed E-state index contributed by atoms with van der Waals surface area (Å²) in [6.07, 6.45) is 0.403. The van der Waals surface area contributed by atoms with Gasteiger partial charge < -0.3 is 15.0 Å². The fourth-order valence-corrected chi connectivity index (χ4v) is 2.89. The van der Waals surface area contributed by atoms with Crippen LogP contribution in [0.15, 0.2) is 42.5 Å². The summed E-state index contributed by atoms with van der Waals surface area (Å²) in [6.45, 7) is 2.60. The van der Waals surface area contributed by atoms with E-state index < -0.39 is 6.17 Å². The molecule has 3 rings (SSSR count). The highest BCUT2D eigenvalue weighted by Crippen LogP contribution is 2.34. The summed E-state index contributed by atoms with van der Waals surface area (Å²) in [5, 5.41) is 3.34. The summed E-state index contributed by atoms with van der Waals surface area (Å²) in [4.78, 5) is 14.5. The fraction of sp³-hybridized carbons (Fsp3) is 0.278. The Morgan fingerprint density at radius 3 is 2.78 bits per heavy atom. The number of para-hydroxylation sites is 1. The average molecular weight is 314 g/mol. The van der Waals surface area contributed by atoms with Gasteiger partial charge >= 0.3 is 0 Å². The van der Waals surface area contributed by atoms with Crippen LogP contribution in [0.2, 0.25) is 0 Å². The molecule has 1 aliphatic rings. The minimum atomic E-state index is -0.415. The third kappa shape index (κ3) is 2.86. The lowest BCUT2D eigenvalue weighted by Crippen LogP contribution is -2.43. The van der Waals surface area contributed by atoms with Crippen LogP contribution in [0.4, 0.5) is 10.1 Å². The van der Waals surface area contributed by atoms with E-state index in [-0.39, 0.29) is 11.7 Å². The molecule has 120 valence electrons. The van der Waals surface area contributed by atoms with Gasteiger partial charge in [-0.3, -0.25) is 4.79 Å². The molecular formula is C18H19FN2O2. The topological polar surface area (TPSA) is 41.6 Å². The van der Waals surface area contributed by atoms with Crippen LogP contribution in [0.25, 0.3) is 0 Å². The number of rotatable bonds is 4. The van der Waals surface area contributed by atoms with Crippen LogP contribution in [-0.2, 0) is 0 Å². The summed E-state index contributed by atoms with van der Waals surface area (Å²) < 4.78 is 19.0. The third-order valence-corrected chi connectivity index (χ3v) is 3.93. The predicted molar refractivity (Wildman–Crippen MR) is 87.1 cm³/mol. The molecule has 0 radical (unpaired) electrons. The monoisotopic (exact) mass is 314 g/mol. The van der Waals surface area contributed by atoms with E-state index in [1.54, 1.807) is 17.0 Å². The largest absolute Gasteiger partial charge is 0.497 e. The van der Waals surface area contributed by atoms with E-state index >= 15 is 0 Å². The Hall–Kier alpha value is -2.56. The molecule has 1 heterocycles. The molecule has 0 spiro atoms. The highest BCUT2D eigenvalue weighted by molar-refractivity contribution is 6.01. The number of carbonyl (C=O) groups excluding carboxylic acids is 1. The van der Waals surface area contributed by atoms with E-state index in [1.807, 2.05) is 25.1 Å². The molecule has 4 nitrogen and oxygen atoms in total. The van der Waals surface area contributed by atoms with Gasteiger partial charge in [0, 0.05) is 23.9 Å². The Balaban J connectivity index is 2.06. The second-order valence-corrected chi connectivity index (χ2v) is 5.52. The zero-order valence-electron chi connectivity index (χ0n) is 13.2. The van der Waals surface area contributed by atoms with E-state index in [0.717, 1.165) is 12.1 Å². The van der Waals surface area contributed by atoms with E-state index in [4.69, 9.17) is 4.74 Å². The third-order valence-electron chi connectivity index (χ3n) is 3.93. The maximum absolute atomic E-state index is 13.9. The van der Waals surface area contributed by atoms with Crippen molar-refractivity contribution in [3.05, 3.63) is 59.4 Å². The lowest BCUT2D eigenvalue weighted by molar-refractivity contribution is 0.0682. The lowest BCUT2D eigenvalue weighted by atomic mass is 10.0. The zero-order valence-corrected chi connectivity index (χ0v) is 13.2. The van der Waals surface area contributed by atoms with Crippen LogP contribution in [0.3, 0.4) is 0 Å². The molecule has 5 heteroatoms. The van der Waals surface area contributed by atoms with Crippen molar-refractivity contribution in [2.24, 2.45) is 0 Å². The van der Waals surface area contributed by atoms with Crippen LogP contribution in [0.5, 0.6) is 5.75 Å². The lowest BCUT2D eigenvalue weighted by Gasteiger charge is -2.38. The number of nitrogens with one attached hydrogen (secondary N) is 1. The predicted octanol–water partition coefficient (Wildman–Crippen LogP) is 3.81. The molecule has 2 aromatic rings. The Kier molecular flexibility index (Phi) is 4.19. The minimum absolute atomic E-state index is 0.0468. The molecule has 0 saturated carbocycles. The summed E-state index contributed by atoms with van der Waals surface area (Å²) in [5.74, 6) is 0.00268. The first kappa shape index (κ1) is 15.3. The number of ether oxygens (including phenoxy) is 1. The van der Waals surface area contributed by atoms with Gasteiger partial charge in [-0.1, -0.05) is 19.1 Å². The second kappa shape index (κ2) is 6.28. The maximum Gasteiger partial charge on any atom is 0.257 e. The van der Waals surface area contributed by atoms with Crippen molar-refractivity contribution < 1.29 is 13.9 Å². The van der Waals surface area contributed by atoms with Gasteiger partial charge in [0.05, 0.1) is 12.7 Å². The van der Waals surface area contributed by atoms with Crippen molar-refractivity contribution in [3.63, 3.8) is 0 Å². The molecule has 0 aliphatic carbocycles. The molecule has 1 unspecified atom stereocenters. The molecule has 1 amide bonds. The molecule has 1 aliphatic heterocycles. The van der Waals surface area contributed by atoms with Gasteiger partial charge in [0.15, 0.2) is 0 Å². The van der Waals surface area contributed by atoms with Crippen molar-refractivity contribution in [3.8, 4) is 5.75 Å². The zero-order chi connectivity index (χ0) is 16.4. The first-order valence-electron chi connectivity index (χ1n) is 7.65. The van der Waals surface area contributed by atoms with Gasteiger partial charge in [-0.2, -0.15) is 0 Å². The Morgan fingerprint density at radius 2 is 2.04 bits per heavy atom. The molecule has 1 N–H and O–H groups in total. The highest BCUT2D eigenvalue weighted by atomic mass is 19.1. The summed E-state index contributed by atoms with van der Waals surface area (Å²) in [5.41, 5.74) is 2.07. The molecule has 1 atom stereocenters. The molecule has 0 fully saturated rings. The van der Waals surface area contributed by atoms with Gasteiger partial charge in [0.25, 0.3) is 5.91 Å². The number of carbonyl (C=O) groups is 1. The summed E-state index contributed by atoms with van der Waals surface area (Å²) in [7, 11) is 1.50. The quantitative estimate of drug-likeness (QED) is 0.933.